The summed E-state index contributed by atoms with van der Waals surface area (Å²) in [6.45, 7) is 3.38. The Morgan fingerprint density at radius 1 is 1.55 bits per heavy atom. The van der Waals surface area contributed by atoms with Crippen molar-refractivity contribution in [2.75, 3.05) is 6.26 Å². The van der Waals surface area contributed by atoms with Crippen LogP contribution < -0.4 is 4.72 Å². The summed E-state index contributed by atoms with van der Waals surface area (Å²) in [5, 5.41) is 9.05. The van der Waals surface area contributed by atoms with Crippen LogP contribution in [0.15, 0.2) is 0 Å². The van der Waals surface area contributed by atoms with Crippen molar-refractivity contribution in [2.24, 2.45) is 0 Å². The van der Waals surface area contributed by atoms with E-state index in [-0.39, 0.29) is 6.04 Å². The number of rotatable bonds is 4. The van der Waals surface area contributed by atoms with Crippen molar-refractivity contribution in [3.63, 3.8) is 0 Å². The van der Waals surface area contributed by atoms with Crippen molar-refractivity contribution < 1.29 is 13.5 Å². The van der Waals surface area contributed by atoms with Gasteiger partial charge in [-0.3, -0.25) is 0 Å². The first-order valence-corrected chi connectivity index (χ1v) is 5.41. The van der Waals surface area contributed by atoms with E-state index in [1.807, 2.05) is 6.92 Å². The van der Waals surface area contributed by atoms with Crippen LogP contribution in [0.2, 0.25) is 0 Å². The minimum Gasteiger partial charge on any atom is -0.392 e. The zero-order valence-corrected chi connectivity index (χ0v) is 7.85. The van der Waals surface area contributed by atoms with Gasteiger partial charge in [-0.25, -0.2) is 13.1 Å². The zero-order chi connectivity index (χ0) is 9.07. The van der Waals surface area contributed by atoms with Gasteiger partial charge in [-0.2, -0.15) is 0 Å². The van der Waals surface area contributed by atoms with E-state index in [4.69, 9.17) is 5.11 Å². The Balaban J connectivity index is 4.10. The van der Waals surface area contributed by atoms with Gasteiger partial charge in [0.2, 0.25) is 10.0 Å². The molecule has 0 aromatic carbocycles. The lowest BCUT2D eigenvalue weighted by molar-refractivity contribution is 0.154. The fraction of sp³-hybridized carbons (Fsp3) is 1.00. The average molecular weight is 181 g/mol. The van der Waals surface area contributed by atoms with Crippen LogP contribution in [-0.2, 0) is 10.0 Å². The van der Waals surface area contributed by atoms with Crippen LogP contribution in [0.5, 0.6) is 0 Å². The maximum Gasteiger partial charge on any atom is 0.209 e. The summed E-state index contributed by atoms with van der Waals surface area (Å²) in [6, 6.07) is -0.370. The van der Waals surface area contributed by atoms with Crippen LogP contribution in [0.25, 0.3) is 0 Å². The number of hydrogen-bond donors (Lipinski definition) is 2. The first-order valence-electron chi connectivity index (χ1n) is 3.52. The summed E-state index contributed by atoms with van der Waals surface area (Å²) in [6.07, 6.45) is 1.03. The minimum atomic E-state index is -3.19. The third-order valence-corrected chi connectivity index (χ3v) is 2.12. The molecule has 0 aliphatic carbocycles. The largest absolute Gasteiger partial charge is 0.392 e. The normalized spacial score (nSPS) is 17.8. The van der Waals surface area contributed by atoms with Crippen molar-refractivity contribution in [2.45, 2.75) is 32.4 Å². The molecule has 2 N–H and O–H groups in total. The van der Waals surface area contributed by atoms with Crippen molar-refractivity contribution >= 4 is 10.0 Å². The lowest BCUT2D eigenvalue weighted by Crippen LogP contribution is -2.40. The second-order valence-corrected chi connectivity index (χ2v) is 4.43. The quantitative estimate of drug-likeness (QED) is 0.625. The maximum atomic E-state index is 10.7. The Hall–Kier alpha value is -0.130. The summed E-state index contributed by atoms with van der Waals surface area (Å²) in [4.78, 5) is 0. The predicted molar refractivity (Wildman–Crippen MR) is 43.7 cm³/mol. The van der Waals surface area contributed by atoms with Gasteiger partial charge in [0.25, 0.3) is 0 Å². The fourth-order valence-electron chi connectivity index (χ4n) is 0.798. The van der Waals surface area contributed by atoms with Crippen molar-refractivity contribution in [1.82, 2.24) is 4.72 Å². The molecule has 2 unspecified atom stereocenters. The van der Waals surface area contributed by atoms with Crippen molar-refractivity contribution in [3.05, 3.63) is 0 Å². The molecule has 0 fully saturated rings. The van der Waals surface area contributed by atoms with Crippen molar-refractivity contribution in [1.29, 1.82) is 0 Å². The van der Waals surface area contributed by atoms with Gasteiger partial charge in [-0.05, 0) is 13.3 Å². The van der Waals surface area contributed by atoms with E-state index in [1.165, 1.54) is 0 Å². The number of hydrogen-bond acceptors (Lipinski definition) is 3. The molecule has 0 spiro atoms. The molecule has 0 saturated heterocycles. The average Bonchev–Trinajstić information content (AvgIpc) is 1.80. The van der Waals surface area contributed by atoms with Crippen LogP contribution in [-0.4, -0.2) is 31.9 Å². The topological polar surface area (TPSA) is 66.4 Å². The molecule has 0 heterocycles. The molecule has 0 aromatic heterocycles. The molecule has 5 heteroatoms. The minimum absolute atomic E-state index is 0.370. The fourth-order valence-corrected chi connectivity index (χ4v) is 1.71. The Kier molecular flexibility index (Phi) is 3.99. The van der Waals surface area contributed by atoms with E-state index in [1.54, 1.807) is 6.92 Å². The first kappa shape index (κ1) is 10.9. The van der Waals surface area contributed by atoms with Crippen LogP contribution >= 0.6 is 0 Å². The lowest BCUT2D eigenvalue weighted by atomic mass is 10.1. The molecule has 0 saturated carbocycles. The van der Waals surface area contributed by atoms with Crippen LogP contribution in [0.4, 0.5) is 0 Å². The van der Waals surface area contributed by atoms with E-state index in [0.717, 1.165) is 6.26 Å². The van der Waals surface area contributed by atoms with E-state index in [0.29, 0.717) is 6.42 Å². The summed E-state index contributed by atoms with van der Waals surface area (Å²) in [5.41, 5.74) is 0. The molecule has 4 nitrogen and oxygen atoms in total. The van der Waals surface area contributed by atoms with Crippen LogP contribution in [0, 0.1) is 0 Å². The monoisotopic (exact) mass is 181 g/mol. The van der Waals surface area contributed by atoms with E-state index in [2.05, 4.69) is 4.72 Å². The third kappa shape index (κ3) is 5.17. The summed E-state index contributed by atoms with van der Waals surface area (Å²) in [7, 11) is -3.19. The molecule has 0 aliphatic heterocycles. The molecule has 11 heavy (non-hydrogen) atoms. The Bertz CT molecular complexity index is 198. The van der Waals surface area contributed by atoms with E-state index >= 15 is 0 Å². The van der Waals surface area contributed by atoms with Gasteiger partial charge in [-0.15, -0.1) is 0 Å². The highest BCUT2D eigenvalue weighted by Crippen LogP contribution is 1.98. The lowest BCUT2D eigenvalue weighted by Gasteiger charge is -2.17. The van der Waals surface area contributed by atoms with E-state index < -0.39 is 16.1 Å². The molecule has 0 rings (SSSR count). The molecule has 0 aromatic rings. The van der Waals surface area contributed by atoms with Gasteiger partial charge in [-0.1, -0.05) is 6.92 Å². The predicted octanol–water partition coefficient (Wildman–Crippen LogP) is -0.305. The Labute approximate surface area is 67.7 Å². The van der Waals surface area contributed by atoms with Gasteiger partial charge >= 0.3 is 0 Å². The highest BCUT2D eigenvalue weighted by molar-refractivity contribution is 7.88. The molecule has 2 atom stereocenters. The van der Waals surface area contributed by atoms with E-state index in [9.17, 15) is 8.42 Å². The third-order valence-electron chi connectivity index (χ3n) is 1.39. The number of aliphatic hydroxyl groups excluding tert-OH is 1. The highest BCUT2D eigenvalue weighted by Gasteiger charge is 2.16. The highest BCUT2D eigenvalue weighted by atomic mass is 32.2. The first-order chi connectivity index (χ1) is 4.87. The molecule has 0 bridgehead atoms. The maximum absolute atomic E-state index is 10.7. The molecule has 68 valence electrons. The summed E-state index contributed by atoms with van der Waals surface area (Å²) < 4.78 is 23.7. The van der Waals surface area contributed by atoms with Crippen LogP contribution in [0.3, 0.4) is 0 Å². The second-order valence-electron chi connectivity index (χ2n) is 2.65. The van der Waals surface area contributed by atoms with Gasteiger partial charge in [0.05, 0.1) is 12.4 Å². The van der Waals surface area contributed by atoms with Gasteiger partial charge in [0.15, 0.2) is 0 Å². The molecule has 0 amide bonds. The standard InChI is InChI=1S/C6H15NO3S/c1-4-6(5(2)8)7-11(3,9)10/h5-8H,4H2,1-3H3. The summed E-state index contributed by atoms with van der Waals surface area (Å²) in [5.74, 6) is 0. The van der Waals surface area contributed by atoms with Gasteiger partial charge in [0, 0.05) is 6.04 Å². The summed E-state index contributed by atoms with van der Waals surface area (Å²) >= 11 is 0. The Morgan fingerprint density at radius 3 is 2.09 bits per heavy atom. The van der Waals surface area contributed by atoms with Gasteiger partial charge < -0.3 is 5.11 Å². The smallest absolute Gasteiger partial charge is 0.209 e. The number of nitrogens with one attached hydrogen (secondary N) is 1. The SMILES string of the molecule is CCC(NS(C)(=O)=O)C(C)O. The second kappa shape index (κ2) is 4.04. The van der Waals surface area contributed by atoms with Gasteiger partial charge in [0.1, 0.15) is 0 Å². The molecule has 0 radical (unpaired) electrons. The zero-order valence-electron chi connectivity index (χ0n) is 7.03. The molecular weight excluding hydrogens is 166 g/mol. The molecule has 0 aliphatic rings. The Morgan fingerprint density at radius 2 is 2.00 bits per heavy atom. The van der Waals surface area contributed by atoms with Crippen LogP contribution in [0.1, 0.15) is 20.3 Å². The number of sulfonamides is 1. The van der Waals surface area contributed by atoms with Crippen molar-refractivity contribution in [3.8, 4) is 0 Å². The number of aliphatic hydroxyl groups is 1. The molecular formula is C6H15NO3S.